The van der Waals surface area contributed by atoms with E-state index in [-0.39, 0.29) is 0 Å². The zero-order valence-electron chi connectivity index (χ0n) is 17.9. The van der Waals surface area contributed by atoms with Gasteiger partial charge in [0.2, 0.25) is 0 Å². The van der Waals surface area contributed by atoms with Crippen LogP contribution >= 0.6 is 0 Å². The summed E-state index contributed by atoms with van der Waals surface area (Å²) in [6.07, 6.45) is 12.6. The minimum atomic E-state index is 0.398. The first kappa shape index (κ1) is 17.9. The van der Waals surface area contributed by atoms with E-state index in [9.17, 15) is 0 Å². The Labute approximate surface area is 187 Å². The summed E-state index contributed by atoms with van der Waals surface area (Å²) in [5.41, 5.74) is 10.8. The van der Waals surface area contributed by atoms with Crippen LogP contribution in [-0.4, -0.2) is 9.55 Å². The third kappa shape index (κ3) is 2.59. The summed E-state index contributed by atoms with van der Waals surface area (Å²) >= 11 is 0. The van der Waals surface area contributed by atoms with E-state index in [1.54, 1.807) is 0 Å². The van der Waals surface area contributed by atoms with Gasteiger partial charge in [-0.3, -0.25) is 0 Å². The molecule has 0 spiro atoms. The molecule has 1 unspecified atom stereocenters. The molecule has 1 atom stereocenters. The number of nitrogens with zero attached hydrogens (tertiary/aromatic N) is 1. The topological polar surface area (TPSA) is 20.7 Å². The van der Waals surface area contributed by atoms with Gasteiger partial charge in [-0.2, -0.15) is 0 Å². The zero-order chi connectivity index (χ0) is 21.1. The highest BCUT2D eigenvalue weighted by Crippen LogP contribution is 2.38. The first-order chi connectivity index (χ1) is 15.9. The Morgan fingerprint density at radius 2 is 1.66 bits per heavy atom. The number of nitrogens with one attached hydrogen (secondary N) is 1. The molecule has 1 N–H and O–H groups in total. The summed E-state index contributed by atoms with van der Waals surface area (Å²) in [6.45, 7) is 0. The number of aromatic nitrogens is 2. The Kier molecular flexibility index (Phi) is 3.83. The van der Waals surface area contributed by atoms with Gasteiger partial charge in [0.05, 0.1) is 11.0 Å². The first-order valence-corrected chi connectivity index (χ1v) is 11.5. The average Bonchev–Trinajstić information content (AvgIpc) is 3.39. The number of benzene rings is 3. The Bertz CT molecular complexity index is 1540. The van der Waals surface area contributed by atoms with Crippen LogP contribution in [0.2, 0.25) is 0 Å². The average molecular weight is 413 g/mol. The molecule has 0 aliphatic heterocycles. The first-order valence-electron chi connectivity index (χ1n) is 11.5. The van der Waals surface area contributed by atoms with Gasteiger partial charge < -0.3 is 9.55 Å². The molecule has 2 heteroatoms. The summed E-state index contributed by atoms with van der Waals surface area (Å²) < 4.78 is 2.38. The predicted molar refractivity (Wildman–Crippen MR) is 134 cm³/mol. The van der Waals surface area contributed by atoms with Crippen LogP contribution in [0.15, 0.2) is 84.9 Å². The Balaban J connectivity index is 1.36. The maximum Gasteiger partial charge on any atom is 0.0541 e. The number of aromatic amines is 1. The van der Waals surface area contributed by atoms with Gasteiger partial charge in [-0.1, -0.05) is 60.7 Å². The highest BCUT2D eigenvalue weighted by molar-refractivity contribution is 6.09. The summed E-state index contributed by atoms with van der Waals surface area (Å²) in [5, 5.41) is 2.64. The maximum absolute atomic E-state index is 3.70. The Morgan fingerprint density at radius 1 is 0.812 bits per heavy atom. The van der Waals surface area contributed by atoms with Crippen LogP contribution in [0.3, 0.4) is 0 Å². The lowest BCUT2D eigenvalue weighted by atomic mass is 9.86. The third-order valence-electron chi connectivity index (χ3n) is 7.16. The molecule has 0 radical (unpaired) electrons. The molecule has 0 fully saturated rings. The Hall–Kier alpha value is -3.78. The SMILES string of the molecule is C1=Cc2[nH]c3c(c2CC1)C=CC(c1ccc2c(c1)c1ccccc1n2-c1ccccc1)C3. The van der Waals surface area contributed by atoms with Gasteiger partial charge in [0.1, 0.15) is 0 Å². The van der Waals surface area contributed by atoms with E-state index in [4.69, 9.17) is 0 Å². The molecule has 0 bridgehead atoms. The molecule has 0 saturated heterocycles. The van der Waals surface area contributed by atoms with E-state index in [1.165, 1.54) is 55.6 Å². The fourth-order valence-electron chi connectivity index (χ4n) is 5.64. The second-order valence-electron chi connectivity index (χ2n) is 8.98. The van der Waals surface area contributed by atoms with Gasteiger partial charge in [0, 0.05) is 33.8 Å². The molecule has 2 nitrogen and oxygen atoms in total. The lowest BCUT2D eigenvalue weighted by Crippen LogP contribution is -2.06. The molecular formula is C30H24N2. The van der Waals surface area contributed by atoms with Crippen molar-refractivity contribution in [3.8, 4) is 5.69 Å². The van der Waals surface area contributed by atoms with E-state index in [2.05, 4.69) is 107 Å². The second kappa shape index (κ2) is 6.86. The highest BCUT2D eigenvalue weighted by atomic mass is 15.0. The van der Waals surface area contributed by atoms with Gasteiger partial charge in [0.25, 0.3) is 0 Å². The standard InChI is InChI=1S/C30H24N2/c1-2-8-22(9-3-1)32-29-13-7-5-11-25(29)26-18-20(15-17-30(26)32)21-14-16-24-23-10-4-6-12-27(23)31-28(24)19-21/h1-3,5-9,11-18,21,31H,4,10,19H2. The fraction of sp³-hybridized carbons (Fsp3) is 0.133. The molecule has 5 aromatic rings. The monoisotopic (exact) mass is 412 g/mol. The van der Waals surface area contributed by atoms with Crippen molar-refractivity contribution < 1.29 is 0 Å². The largest absolute Gasteiger partial charge is 0.358 e. The smallest absolute Gasteiger partial charge is 0.0541 e. The minimum absolute atomic E-state index is 0.398. The van der Waals surface area contributed by atoms with E-state index in [1.807, 2.05) is 0 Å². The van der Waals surface area contributed by atoms with Crippen molar-refractivity contribution in [1.29, 1.82) is 0 Å². The summed E-state index contributed by atoms with van der Waals surface area (Å²) in [6, 6.07) is 26.5. The van der Waals surface area contributed by atoms with E-state index in [0.717, 1.165) is 19.3 Å². The number of fused-ring (bicyclic) bond motifs is 6. The van der Waals surface area contributed by atoms with E-state index in [0.29, 0.717) is 5.92 Å². The number of hydrogen-bond donors (Lipinski definition) is 1. The molecule has 2 aliphatic rings. The summed E-state index contributed by atoms with van der Waals surface area (Å²) in [7, 11) is 0. The molecular weight excluding hydrogens is 388 g/mol. The van der Waals surface area contributed by atoms with E-state index < -0.39 is 0 Å². The summed E-state index contributed by atoms with van der Waals surface area (Å²) in [4.78, 5) is 3.70. The molecule has 0 amide bonds. The van der Waals surface area contributed by atoms with Gasteiger partial charge >= 0.3 is 0 Å². The Morgan fingerprint density at radius 3 is 2.59 bits per heavy atom. The normalized spacial score (nSPS) is 17.1. The van der Waals surface area contributed by atoms with Crippen LogP contribution in [0.4, 0.5) is 0 Å². The molecule has 2 heterocycles. The molecule has 2 aliphatic carbocycles. The highest BCUT2D eigenvalue weighted by Gasteiger charge is 2.23. The van der Waals surface area contributed by atoms with Crippen molar-refractivity contribution in [2.75, 3.05) is 0 Å². The van der Waals surface area contributed by atoms with Gasteiger partial charge in [-0.25, -0.2) is 0 Å². The lowest BCUT2D eigenvalue weighted by molar-refractivity contribution is 0.807. The number of para-hydroxylation sites is 2. The van der Waals surface area contributed by atoms with Crippen molar-refractivity contribution in [2.24, 2.45) is 0 Å². The number of hydrogen-bond acceptors (Lipinski definition) is 0. The van der Waals surface area contributed by atoms with Crippen LogP contribution in [-0.2, 0) is 12.8 Å². The van der Waals surface area contributed by atoms with Gasteiger partial charge in [-0.05, 0) is 72.4 Å². The zero-order valence-corrected chi connectivity index (χ0v) is 17.9. The number of H-pyrrole nitrogens is 1. The third-order valence-corrected chi connectivity index (χ3v) is 7.16. The molecule has 2 aromatic heterocycles. The lowest BCUT2D eigenvalue weighted by Gasteiger charge is -2.18. The van der Waals surface area contributed by atoms with Crippen LogP contribution in [0.25, 0.3) is 39.6 Å². The summed E-state index contributed by atoms with van der Waals surface area (Å²) in [5.74, 6) is 0.398. The fourth-order valence-corrected chi connectivity index (χ4v) is 5.64. The number of allylic oxidation sites excluding steroid dienone is 2. The van der Waals surface area contributed by atoms with Crippen molar-refractivity contribution >= 4 is 34.0 Å². The molecule has 154 valence electrons. The molecule has 7 rings (SSSR count). The second-order valence-corrected chi connectivity index (χ2v) is 8.98. The van der Waals surface area contributed by atoms with Crippen LogP contribution in [0, 0.1) is 0 Å². The number of rotatable bonds is 2. The van der Waals surface area contributed by atoms with Crippen molar-refractivity contribution in [1.82, 2.24) is 9.55 Å². The van der Waals surface area contributed by atoms with Gasteiger partial charge in [-0.15, -0.1) is 0 Å². The minimum Gasteiger partial charge on any atom is -0.358 e. The molecule has 32 heavy (non-hydrogen) atoms. The van der Waals surface area contributed by atoms with Crippen LogP contribution in [0.1, 0.15) is 40.4 Å². The van der Waals surface area contributed by atoms with Gasteiger partial charge in [0.15, 0.2) is 0 Å². The quantitative estimate of drug-likeness (QED) is 0.311. The molecule has 0 saturated carbocycles. The van der Waals surface area contributed by atoms with Crippen LogP contribution < -0.4 is 0 Å². The molecule has 3 aromatic carbocycles. The van der Waals surface area contributed by atoms with Crippen molar-refractivity contribution in [3.05, 3.63) is 113 Å². The predicted octanol–water partition coefficient (Wildman–Crippen LogP) is 7.42. The van der Waals surface area contributed by atoms with Crippen LogP contribution in [0.5, 0.6) is 0 Å². The van der Waals surface area contributed by atoms with Crippen molar-refractivity contribution in [3.63, 3.8) is 0 Å². The van der Waals surface area contributed by atoms with Crippen molar-refractivity contribution in [2.45, 2.75) is 25.2 Å². The maximum atomic E-state index is 3.70. The van der Waals surface area contributed by atoms with E-state index >= 15 is 0 Å².